The summed E-state index contributed by atoms with van der Waals surface area (Å²) in [6, 6.07) is 0. The van der Waals surface area contributed by atoms with Crippen molar-refractivity contribution in [3.63, 3.8) is 0 Å². The molecule has 0 saturated heterocycles. The Balaban J connectivity index is -0.00000144. The standard InChI is InChI=1S/C18H37.ClH.Na/c1-3-5-7-9-11-13-15-17-18-16-14-12-10-8-6-4-2;;/h1,3-18H2,2H3;1H;/q;;+1/p-1. The molecule has 20 heavy (non-hydrogen) atoms. The van der Waals surface area contributed by atoms with Gasteiger partial charge in [0.25, 0.3) is 0 Å². The summed E-state index contributed by atoms with van der Waals surface area (Å²) < 4.78 is 0. The van der Waals surface area contributed by atoms with E-state index in [9.17, 15) is 0 Å². The third-order valence-corrected chi connectivity index (χ3v) is 3.85. The summed E-state index contributed by atoms with van der Waals surface area (Å²) in [6.07, 6.45) is 22.8. The average molecular weight is 312 g/mol. The zero-order valence-corrected chi connectivity index (χ0v) is 17.2. The van der Waals surface area contributed by atoms with E-state index in [2.05, 4.69) is 13.8 Å². The minimum absolute atomic E-state index is 0. The maximum Gasteiger partial charge on any atom is 1.00 e. The van der Waals surface area contributed by atoms with Crippen LogP contribution >= 0.6 is 0 Å². The first kappa shape index (κ1) is 26.2. The second-order valence-electron chi connectivity index (χ2n) is 5.80. The molecular weight excluding hydrogens is 275 g/mol. The normalized spacial score (nSPS) is 9.90. The summed E-state index contributed by atoms with van der Waals surface area (Å²) in [7, 11) is 0. The van der Waals surface area contributed by atoms with E-state index in [0.717, 1.165) is 6.42 Å². The Morgan fingerprint density at radius 1 is 0.500 bits per heavy atom. The van der Waals surface area contributed by atoms with Gasteiger partial charge in [0.05, 0.1) is 0 Å². The van der Waals surface area contributed by atoms with Crippen molar-refractivity contribution in [2.24, 2.45) is 0 Å². The van der Waals surface area contributed by atoms with Crippen molar-refractivity contribution in [2.45, 2.75) is 110 Å². The second-order valence-corrected chi connectivity index (χ2v) is 5.80. The van der Waals surface area contributed by atoms with E-state index in [-0.39, 0.29) is 42.0 Å². The fraction of sp³-hybridized carbons (Fsp3) is 0.944. The van der Waals surface area contributed by atoms with E-state index >= 15 is 0 Å². The van der Waals surface area contributed by atoms with Crippen molar-refractivity contribution in [2.75, 3.05) is 0 Å². The third kappa shape index (κ3) is 24.3. The zero-order valence-electron chi connectivity index (χ0n) is 14.4. The van der Waals surface area contributed by atoms with E-state index in [1.54, 1.807) is 0 Å². The summed E-state index contributed by atoms with van der Waals surface area (Å²) in [6.45, 7) is 6.18. The minimum Gasteiger partial charge on any atom is -1.00 e. The van der Waals surface area contributed by atoms with Gasteiger partial charge in [0, 0.05) is 0 Å². The number of hydrogen-bond acceptors (Lipinski definition) is 0. The largest absolute Gasteiger partial charge is 1.00 e. The molecule has 0 heterocycles. The molecule has 0 aromatic heterocycles. The first-order valence-corrected chi connectivity index (χ1v) is 8.71. The zero-order chi connectivity index (χ0) is 13.3. The van der Waals surface area contributed by atoms with Crippen LogP contribution in [0.3, 0.4) is 0 Å². The summed E-state index contributed by atoms with van der Waals surface area (Å²) in [5.74, 6) is 0. The minimum atomic E-state index is 0. The quantitative estimate of drug-likeness (QED) is 0.314. The predicted molar refractivity (Wildman–Crippen MR) is 84.9 cm³/mol. The smallest absolute Gasteiger partial charge is 1.00 e. The molecule has 0 aromatic rings. The van der Waals surface area contributed by atoms with E-state index in [0.29, 0.717) is 0 Å². The van der Waals surface area contributed by atoms with Gasteiger partial charge in [0.1, 0.15) is 0 Å². The van der Waals surface area contributed by atoms with Gasteiger partial charge < -0.3 is 12.4 Å². The number of hydrogen-bond donors (Lipinski definition) is 0. The van der Waals surface area contributed by atoms with Crippen LogP contribution in [0.4, 0.5) is 0 Å². The van der Waals surface area contributed by atoms with Crippen molar-refractivity contribution in [3.8, 4) is 0 Å². The van der Waals surface area contributed by atoms with Crippen LogP contribution in [0, 0.1) is 6.92 Å². The first-order chi connectivity index (χ1) is 8.91. The van der Waals surface area contributed by atoms with Crippen molar-refractivity contribution in [1.29, 1.82) is 0 Å². The van der Waals surface area contributed by atoms with Gasteiger partial charge in [-0.15, -0.1) is 0 Å². The molecule has 0 fully saturated rings. The van der Waals surface area contributed by atoms with Crippen molar-refractivity contribution < 1.29 is 42.0 Å². The Labute approximate surface area is 158 Å². The molecule has 0 aliphatic heterocycles. The van der Waals surface area contributed by atoms with Crippen LogP contribution in [-0.2, 0) is 0 Å². The summed E-state index contributed by atoms with van der Waals surface area (Å²) in [4.78, 5) is 0. The molecule has 0 N–H and O–H groups in total. The fourth-order valence-corrected chi connectivity index (χ4v) is 2.55. The third-order valence-electron chi connectivity index (χ3n) is 3.85. The molecule has 0 atom stereocenters. The van der Waals surface area contributed by atoms with Gasteiger partial charge in [-0.2, -0.15) is 0 Å². The first-order valence-electron chi connectivity index (χ1n) is 8.71. The van der Waals surface area contributed by atoms with Gasteiger partial charge in [0.2, 0.25) is 0 Å². The summed E-state index contributed by atoms with van der Waals surface area (Å²) in [5.41, 5.74) is 0. The molecule has 0 aliphatic carbocycles. The predicted octanol–water partition coefficient (Wildman–Crippen LogP) is 1.09. The number of rotatable bonds is 15. The SMILES string of the molecule is [CH2]CCCCCCCCCCCCCCCCC.[Cl-].[Na+]. The fourth-order valence-electron chi connectivity index (χ4n) is 2.55. The van der Waals surface area contributed by atoms with Crippen molar-refractivity contribution >= 4 is 0 Å². The molecular formula is C18H37ClNa. The Hall–Kier alpha value is 1.29. The molecule has 0 bridgehead atoms. The van der Waals surface area contributed by atoms with Crippen molar-refractivity contribution in [1.82, 2.24) is 0 Å². The van der Waals surface area contributed by atoms with Crippen LogP contribution in [0.15, 0.2) is 0 Å². The van der Waals surface area contributed by atoms with E-state index in [1.807, 2.05) is 0 Å². The Bertz CT molecular complexity index is 123. The van der Waals surface area contributed by atoms with Crippen molar-refractivity contribution in [3.05, 3.63) is 6.92 Å². The molecule has 1 radical (unpaired) electrons. The summed E-state index contributed by atoms with van der Waals surface area (Å²) in [5, 5.41) is 0. The molecule has 0 saturated carbocycles. The van der Waals surface area contributed by atoms with Gasteiger partial charge in [-0.3, -0.25) is 0 Å². The monoisotopic (exact) mass is 311 g/mol. The van der Waals surface area contributed by atoms with E-state index < -0.39 is 0 Å². The molecule has 0 unspecified atom stereocenters. The maximum absolute atomic E-state index is 3.88. The molecule has 117 valence electrons. The van der Waals surface area contributed by atoms with Gasteiger partial charge in [0.15, 0.2) is 0 Å². The number of unbranched alkanes of at least 4 members (excludes halogenated alkanes) is 15. The number of halogens is 1. The average Bonchev–Trinajstić information content (AvgIpc) is 2.39. The van der Waals surface area contributed by atoms with Crippen LogP contribution in [0.5, 0.6) is 0 Å². The van der Waals surface area contributed by atoms with Gasteiger partial charge in [-0.1, -0.05) is 117 Å². The van der Waals surface area contributed by atoms with Crippen LogP contribution in [0.25, 0.3) is 0 Å². The van der Waals surface area contributed by atoms with Crippen LogP contribution in [0.2, 0.25) is 0 Å². The van der Waals surface area contributed by atoms with Crippen LogP contribution < -0.4 is 42.0 Å². The molecule has 2 heteroatoms. The Morgan fingerprint density at radius 3 is 1.00 bits per heavy atom. The maximum atomic E-state index is 3.88. The molecule has 0 spiro atoms. The Morgan fingerprint density at radius 2 is 0.750 bits per heavy atom. The molecule has 0 rings (SSSR count). The second kappa shape index (κ2) is 25.3. The molecule has 0 aromatic carbocycles. The van der Waals surface area contributed by atoms with E-state index in [1.165, 1.54) is 96.3 Å². The van der Waals surface area contributed by atoms with Gasteiger partial charge in [-0.05, 0) is 0 Å². The summed E-state index contributed by atoms with van der Waals surface area (Å²) >= 11 is 0. The van der Waals surface area contributed by atoms with E-state index in [4.69, 9.17) is 0 Å². The molecule has 0 aliphatic rings. The Kier molecular flexibility index (Phi) is 33.1. The molecule has 0 nitrogen and oxygen atoms in total. The van der Waals surface area contributed by atoms with Gasteiger partial charge >= 0.3 is 29.6 Å². The van der Waals surface area contributed by atoms with Gasteiger partial charge in [-0.25, -0.2) is 0 Å². The molecule has 0 amide bonds. The topological polar surface area (TPSA) is 0 Å². The van der Waals surface area contributed by atoms with Crippen LogP contribution in [0.1, 0.15) is 110 Å². The van der Waals surface area contributed by atoms with Crippen LogP contribution in [-0.4, -0.2) is 0 Å².